The Labute approximate surface area is 165 Å². The van der Waals surface area contributed by atoms with Crippen molar-refractivity contribution in [3.63, 3.8) is 0 Å². The third kappa shape index (κ3) is 9.49. The minimum atomic E-state index is 0.630. The lowest BCUT2D eigenvalue weighted by atomic mass is 10.2. The van der Waals surface area contributed by atoms with E-state index in [1.54, 1.807) is 12.2 Å². The molecule has 0 spiro atoms. The first kappa shape index (κ1) is 21.5. The van der Waals surface area contributed by atoms with E-state index in [1.807, 2.05) is 38.1 Å². The number of nitrogens with one attached hydrogen (secondary N) is 1. The minimum absolute atomic E-state index is 0.630. The zero-order valence-electron chi connectivity index (χ0n) is 14.8. The van der Waals surface area contributed by atoms with Crippen LogP contribution < -0.4 is 11.1 Å². The molecular weight excluding hydrogens is 371 g/mol. The molecule has 0 saturated carbocycles. The fourth-order valence-electron chi connectivity index (χ4n) is 1.79. The Morgan fingerprint density at radius 1 is 1.24 bits per heavy atom. The van der Waals surface area contributed by atoms with Gasteiger partial charge in [-0.1, -0.05) is 71.4 Å². The van der Waals surface area contributed by atoms with Gasteiger partial charge in [0.25, 0.3) is 0 Å². The van der Waals surface area contributed by atoms with E-state index < -0.39 is 0 Å². The second kappa shape index (κ2) is 11.1. The van der Waals surface area contributed by atoms with Crippen LogP contribution in [-0.2, 0) is 0 Å². The van der Waals surface area contributed by atoms with Crippen molar-refractivity contribution < 1.29 is 0 Å². The number of halogens is 2. The van der Waals surface area contributed by atoms with E-state index in [2.05, 4.69) is 31.0 Å². The average molecular weight is 395 g/mol. The lowest BCUT2D eigenvalue weighted by Crippen LogP contribution is -1.99. The highest BCUT2D eigenvalue weighted by Gasteiger charge is 2.05. The van der Waals surface area contributed by atoms with Crippen molar-refractivity contribution in [1.82, 2.24) is 0 Å². The molecule has 134 valence electrons. The highest BCUT2D eigenvalue weighted by Crippen LogP contribution is 2.30. The molecule has 5 heteroatoms. The van der Waals surface area contributed by atoms with Gasteiger partial charge in [-0.15, -0.1) is 0 Å². The largest absolute Gasteiger partial charge is 0.402 e. The molecular formula is C20H24Cl2N2S. The van der Waals surface area contributed by atoms with Gasteiger partial charge in [0.15, 0.2) is 0 Å². The quantitative estimate of drug-likeness (QED) is 0.465. The van der Waals surface area contributed by atoms with E-state index in [4.69, 9.17) is 28.9 Å². The first-order chi connectivity index (χ1) is 11.8. The zero-order valence-corrected chi connectivity index (χ0v) is 17.1. The van der Waals surface area contributed by atoms with Crippen LogP contribution in [0, 0.1) is 6.92 Å². The zero-order chi connectivity index (χ0) is 18.8. The third-order valence-corrected chi connectivity index (χ3v) is 4.58. The van der Waals surface area contributed by atoms with Gasteiger partial charge in [-0.25, -0.2) is 0 Å². The van der Waals surface area contributed by atoms with Crippen LogP contribution in [0.5, 0.6) is 0 Å². The van der Waals surface area contributed by atoms with E-state index in [-0.39, 0.29) is 0 Å². The molecule has 1 aromatic rings. The summed E-state index contributed by atoms with van der Waals surface area (Å²) in [7, 11) is 0. The predicted octanol–water partition coefficient (Wildman–Crippen LogP) is 7.01. The number of allylic oxidation sites excluding steroid dienone is 8. The lowest BCUT2D eigenvalue weighted by Gasteiger charge is -2.12. The summed E-state index contributed by atoms with van der Waals surface area (Å²) in [6.45, 7) is 9.80. The Bertz CT molecular complexity index is 706. The molecule has 0 aliphatic rings. The summed E-state index contributed by atoms with van der Waals surface area (Å²) in [6.07, 6.45) is 7.93. The van der Waals surface area contributed by atoms with Crippen molar-refractivity contribution in [2.45, 2.75) is 27.2 Å². The van der Waals surface area contributed by atoms with Gasteiger partial charge in [-0.3, -0.25) is 0 Å². The molecule has 0 unspecified atom stereocenters. The molecule has 0 aliphatic heterocycles. The predicted molar refractivity (Wildman–Crippen MR) is 116 cm³/mol. The molecule has 0 amide bonds. The molecule has 3 N–H and O–H groups in total. The van der Waals surface area contributed by atoms with Crippen LogP contribution in [0.2, 0.25) is 0 Å². The maximum absolute atomic E-state index is 6.19. The van der Waals surface area contributed by atoms with Crippen molar-refractivity contribution in [2.75, 3.05) is 5.32 Å². The van der Waals surface area contributed by atoms with Crippen LogP contribution in [0.25, 0.3) is 0 Å². The van der Waals surface area contributed by atoms with Crippen LogP contribution in [0.15, 0.2) is 80.8 Å². The Balaban J connectivity index is 2.67. The highest BCUT2D eigenvalue weighted by molar-refractivity contribution is 8.06. The molecule has 2 nitrogen and oxygen atoms in total. The highest BCUT2D eigenvalue weighted by atomic mass is 35.5. The molecule has 0 aromatic heterocycles. The summed E-state index contributed by atoms with van der Waals surface area (Å²) in [6, 6.07) is 8.15. The monoisotopic (exact) mass is 394 g/mol. The van der Waals surface area contributed by atoms with Crippen molar-refractivity contribution >= 4 is 40.7 Å². The topological polar surface area (TPSA) is 38.0 Å². The molecule has 0 heterocycles. The number of nitrogens with two attached hydrogens (primary N) is 1. The van der Waals surface area contributed by atoms with Crippen LogP contribution in [0.4, 0.5) is 5.69 Å². The minimum Gasteiger partial charge on any atom is -0.402 e. The van der Waals surface area contributed by atoms with Crippen LogP contribution in [0.1, 0.15) is 25.8 Å². The summed E-state index contributed by atoms with van der Waals surface area (Å²) in [4.78, 5) is 1.00. The molecule has 0 radical (unpaired) electrons. The SMILES string of the molecule is C=C(Nc1ccc(C)cc1)S/C(C/C=C(Cl)/C=C\C=C(/C)Cl)=C(\C)N. The summed E-state index contributed by atoms with van der Waals surface area (Å²) < 4.78 is 0. The van der Waals surface area contributed by atoms with Crippen molar-refractivity contribution in [3.8, 4) is 0 Å². The van der Waals surface area contributed by atoms with Crippen molar-refractivity contribution in [1.29, 1.82) is 0 Å². The number of benzene rings is 1. The molecule has 0 atom stereocenters. The summed E-state index contributed by atoms with van der Waals surface area (Å²) in [5.41, 5.74) is 8.96. The van der Waals surface area contributed by atoms with E-state index in [9.17, 15) is 0 Å². The van der Waals surface area contributed by atoms with E-state index in [0.717, 1.165) is 21.3 Å². The number of anilines is 1. The third-order valence-electron chi connectivity index (χ3n) is 3.09. The number of thioether (sulfide) groups is 1. The second-order valence-corrected chi connectivity index (χ2v) is 7.75. The van der Waals surface area contributed by atoms with E-state index in [1.165, 1.54) is 17.3 Å². The number of hydrogen-bond acceptors (Lipinski definition) is 3. The molecule has 0 aliphatic carbocycles. The summed E-state index contributed by atoms with van der Waals surface area (Å²) >= 11 is 13.5. The number of aryl methyl sites for hydroxylation is 1. The van der Waals surface area contributed by atoms with Gasteiger partial charge >= 0.3 is 0 Å². The second-order valence-electron chi connectivity index (χ2n) is 5.53. The molecule has 0 bridgehead atoms. The summed E-state index contributed by atoms with van der Waals surface area (Å²) in [5.74, 6) is 0. The van der Waals surface area contributed by atoms with Crippen LogP contribution in [-0.4, -0.2) is 0 Å². The first-order valence-corrected chi connectivity index (χ1v) is 9.37. The number of rotatable bonds is 8. The van der Waals surface area contributed by atoms with Crippen molar-refractivity contribution in [2.24, 2.45) is 5.73 Å². The average Bonchev–Trinajstić information content (AvgIpc) is 2.53. The van der Waals surface area contributed by atoms with Gasteiger partial charge in [0, 0.05) is 32.8 Å². The molecule has 1 rings (SSSR count). The first-order valence-electron chi connectivity index (χ1n) is 7.79. The summed E-state index contributed by atoms with van der Waals surface area (Å²) in [5, 5.41) is 5.42. The molecule has 0 saturated heterocycles. The van der Waals surface area contributed by atoms with Gasteiger partial charge < -0.3 is 11.1 Å². The van der Waals surface area contributed by atoms with Gasteiger partial charge in [0.1, 0.15) is 0 Å². The maximum atomic E-state index is 6.19. The Hall–Kier alpha value is -1.55. The fourth-order valence-corrected chi connectivity index (χ4v) is 2.80. The maximum Gasteiger partial charge on any atom is 0.0698 e. The van der Waals surface area contributed by atoms with Gasteiger partial charge in [-0.2, -0.15) is 0 Å². The van der Waals surface area contributed by atoms with Crippen molar-refractivity contribution in [3.05, 3.63) is 86.4 Å². The van der Waals surface area contributed by atoms with E-state index in [0.29, 0.717) is 16.5 Å². The molecule has 25 heavy (non-hydrogen) atoms. The Morgan fingerprint density at radius 2 is 1.88 bits per heavy atom. The molecule has 0 fully saturated rings. The van der Waals surface area contributed by atoms with Crippen LogP contribution in [0.3, 0.4) is 0 Å². The normalized spacial score (nSPS) is 13.8. The van der Waals surface area contributed by atoms with Gasteiger partial charge in [0.05, 0.1) is 5.03 Å². The smallest absolute Gasteiger partial charge is 0.0698 e. The Kier molecular flexibility index (Phi) is 9.58. The van der Waals surface area contributed by atoms with Gasteiger partial charge in [-0.05, 0) is 45.1 Å². The van der Waals surface area contributed by atoms with E-state index >= 15 is 0 Å². The fraction of sp³-hybridized carbons (Fsp3) is 0.200. The molecule has 1 aromatic carbocycles. The van der Waals surface area contributed by atoms with Crippen LogP contribution >= 0.6 is 35.0 Å². The standard InChI is InChI=1S/C20H24Cl2N2S/c1-14-8-11-19(12-9-14)24-17(4)25-20(16(3)23)13-10-18(22)7-5-6-15(2)21/h5-12,24H,4,13,23H2,1-3H3/b7-5-,15-6+,18-10-,20-16+. The lowest BCUT2D eigenvalue weighted by molar-refractivity contribution is 1.21. The Morgan fingerprint density at radius 3 is 2.44 bits per heavy atom. The van der Waals surface area contributed by atoms with Gasteiger partial charge in [0.2, 0.25) is 0 Å². The number of hydrogen-bond donors (Lipinski definition) is 2.